The molecule has 0 radical (unpaired) electrons. The number of halogens is 1. The van der Waals surface area contributed by atoms with Gasteiger partial charge in [0.2, 0.25) is 0 Å². The Morgan fingerprint density at radius 1 is 1.47 bits per heavy atom. The van der Waals surface area contributed by atoms with Gasteiger partial charge in [-0.05, 0) is 22.9 Å². The van der Waals surface area contributed by atoms with Gasteiger partial charge in [-0.1, -0.05) is 0 Å². The van der Waals surface area contributed by atoms with E-state index in [4.69, 9.17) is 0 Å². The van der Waals surface area contributed by atoms with Crippen molar-refractivity contribution in [3.63, 3.8) is 0 Å². The molecule has 5 nitrogen and oxygen atoms in total. The van der Waals surface area contributed by atoms with Crippen molar-refractivity contribution < 1.29 is 0 Å². The van der Waals surface area contributed by atoms with E-state index in [1.54, 1.807) is 12.4 Å². The highest BCUT2D eigenvalue weighted by atomic mass is 79.9. The van der Waals surface area contributed by atoms with Crippen molar-refractivity contribution in [3.8, 4) is 0 Å². The minimum absolute atomic E-state index is 0.692. The average Bonchev–Trinajstić information content (AvgIpc) is 2.63. The van der Waals surface area contributed by atoms with Crippen LogP contribution in [0.2, 0.25) is 0 Å². The molecule has 0 unspecified atom stereocenters. The summed E-state index contributed by atoms with van der Waals surface area (Å²) in [6, 6.07) is 0. The maximum Gasteiger partial charge on any atom is 0.144 e. The molecule has 0 fully saturated rings. The van der Waals surface area contributed by atoms with Gasteiger partial charge in [0.25, 0.3) is 0 Å². The Kier molecular flexibility index (Phi) is 2.96. The lowest BCUT2D eigenvalue weighted by molar-refractivity contribution is 1.03. The van der Waals surface area contributed by atoms with Crippen LogP contribution in [0.5, 0.6) is 0 Å². The van der Waals surface area contributed by atoms with E-state index in [2.05, 4.69) is 41.4 Å². The molecular weight excluding hydrogens is 258 g/mol. The molecule has 0 aliphatic heterocycles. The number of rotatable bonds is 3. The van der Waals surface area contributed by atoms with Crippen LogP contribution in [0.1, 0.15) is 11.3 Å². The van der Waals surface area contributed by atoms with E-state index in [0.717, 1.165) is 21.5 Å². The highest BCUT2D eigenvalue weighted by Crippen LogP contribution is 2.18. The molecule has 0 saturated carbocycles. The standard InChI is InChI=1S/C9H10BrN5/c1-6-7(3-14-15-6)2-12-9-8(10)4-11-5-13-9/h3-5H,2H2,1H3,(H,14,15)(H,11,12,13). The number of aromatic nitrogens is 4. The number of hydrogen-bond acceptors (Lipinski definition) is 4. The minimum atomic E-state index is 0.692. The zero-order valence-electron chi connectivity index (χ0n) is 8.16. The van der Waals surface area contributed by atoms with Crippen molar-refractivity contribution in [3.05, 3.63) is 34.5 Å². The van der Waals surface area contributed by atoms with Crippen LogP contribution in [0.25, 0.3) is 0 Å². The summed E-state index contributed by atoms with van der Waals surface area (Å²) < 4.78 is 0.853. The van der Waals surface area contributed by atoms with E-state index in [1.807, 2.05) is 6.92 Å². The van der Waals surface area contributed by atoms with Crippen LogP contribution in [-0.2, 0) is 6.54 Å². The summed E-state index contributed by atoms with van der Waals surface area (Å²) >= 11 is 3.37. The predicted octanol–water partition coefficient (Wildman–Crippen LogP) is 1.88. The highest BCUT2D eigenvalue weighted by molar-refractivity contribution is 9.10. The Hall–Kier alpha value is -1.43. The topological polar surface area (TPSA) is 66.5 Å². The van der Waals surface area contributed by atoms with Gasteiger partial charge in [-0.3, -0.25) is 5.10 Å². The first-order valence-corrected chi connectivity index (χ1v) is 5.25. The van der Waals surface area contributed by atoms with Gasteiger partial charge in [0.05, 0.1) is 10.7 Å². The molecule has 0 saturated heterocycles. The van der Waals surface area contributed by atoms with Gasteiger partial charge in [-0.25, -0.2) is 9.97 Å². The van der Waals surface area contributed by atoms with E-state index >= 15 is 0 Å². The van der Waals surface area contributed by atoms with Gasteiger partial charge < -0.3 is 5.32 Å². The second-order valence-electron chi connectivity index (χ2n) is 3.09. The monoisotopic (exact) mass is 267 g/mol. The fourth-order valence-electron chi connectivity index (χ4n) is 1.18. The molecule has 15 heavy (non-hydrogen) atoms. The largest absolute Gasteiger partial charge is 0.365 e. The Labute approximate surface area is 95.5 Å². The lowest BCUT2D eigenvalue weighted by Crippen LogP contribution is -2.02. The second-order valence-corrected chi connectivity index (χ2v) is 3.95. The molecule has 2 aromatic rings. The number of nitrogens with zero attached hydrogens (tertiary/aromatic N) is 3. The van der Waals surface area contributed by atoms with Crippen LogP contribution in [0.15, 0.2) is 23.2 Å². The van der Waals surface area contributed by atoms with Crippen LogP contribution in [0.4, 0.5) is 5.82 Å². The number of hydrogen-bond donors (Lipinski definition) is 2. The van der Waals surface area contributed by atoms with Gasteiger partial charge >= 0.3 is 0 Å². The summed E-state index contributed by atoms with van der Waals surface area (Å²) in [7, 11) is 0. The number of anilines is 1. The molecule has 0 aliphatic carbocycles. The molecule has 2 heterocycles. The molecule has 0 atom stereocenters. The molecule has 2 aromatic heterocycles. The quantitative estimate of drug-likeness (QED) is 0.892. The van der Waals surface area contributed by atoms with E-state index in [0.29, 0.717) is 6.54 Å². The van der Waals surface area contributed by atoms with Crippen molar-refractivity contribution in [1.82, 2.24) is 20.2 Å². The Morgan fingerprint density at radius 2 is 2.33 bits per heavy atom. The lowest BCUT2D eigenvalue weighted by atomic mass is 10.2. The first-order chi connectivity index (χ1) is 7.27. The van der Waals surface area contributed by atoms with Gasteiger partial charge in [0.1, 0.15) is 12.1 Å². The van der Waals surface area contributed by atoms with Crippen molar-refractivity contribution in [2.45, 2.75) is 13.5 Å². The predicted molar refractivity (Wildman–Crippen MR) is 60.4 cm³/mol. The van der Waals surface area contributed by atoms with Crippen molar-refractivity contribution >= 4 is 21.7 Å². The van der Waals surface area contributed by atoms with E-state index in [1.165, 1.54) is 6.33 Å². The van der Waals surface area contributed by atoms with Crippen LogP contribution in [-0.4, -0.2) is 20.2 Å². The summed E-state index contributed by atoms with van der Waals surface area (Å²) in [6.07, 6.45) is 5.02. The molecular formula is C9H10BrN5. The Morgan fingerprint density at radius 3 is 3.00 bits per heavy atom. The zero-order valence-corrected chi connectivity index (χ0v) is 9.74. The third-order valence-electron chi connectivity index (χ3n) is 2.05. The number of aromatic amines is 1. The number of nitrogens with one attached hydrogen (secondary N) is 2. The Bertz CT molecular complexity index is 453. The lowest BCUT2D eigenvalue weighted by Gasteiger charge is -2.05. The Balaban J connectivity index is 2.06. The fourth-order valence-corrected chi connectivity index (χ4v) is 1.54. The first kappa shape index (κ1) is 10.1. The minimum Gasteiger partial charge on any atom is -0.365 e. The summed E-state index contributed by atoms with van der Waals surface area (Å²) in [5.41, 5.74) is 2.19. The van der Waals surface area contributed by atoms with Crippen LogP contribution < -0.4 is 5.32 Å². The van der Waals surface area contributed by atoms with E-state index in [-0.39, 0.29) is 0 Å². The molecule has 0 aromatic carbocycles. The molecule has 2 N–H and O–H groups in total. The maximum atomic E-state index is 4.11. The smallest absolute Gasteiger partial charge is 0.144 e. The second kappa shape index (κ2) is 4.39. The first-order valence-electron chi connectivity index (χ1n) is 4.45. The van der Waals surface area contributed by atoms with E-state index < -0.39 is 0 Å². The van der Waals surface area contributed by atoms with Gasteiger partial charge in [-0.2, -0.15) is 5.10 Å². The van der Waals surface area contributed by atoms with E-state index in [9.17, 15) is 0 Å². The van der Waals surface area contributed by atoms with Gasteiger partial charge in [-0.15, -0.1) is 0 Å². The summed E-state index contributed by atoms with van der Waals surface area (Å²) in [4.78, 5) is 8.00. The van der Waals surface area contributed by atoms with Crippen molar-refractivity contribution in [2.24, 2.45) is 0 Å². The molecule has 0 aliphatic rings. The van der Waals surface area contributed by atoms with Crippen LogP contribution in [0.3, 0.4) is 0 Å². The molecule has 78 valence electrons. The third-order valence-corrected chi connectivity index (χ3v) is 2.63. The molecule has 2 rings (SSSR count). The fraction of sp³-hybridized carbons (Fsp3) is 0.222. The van der Waals surface area contributed by atoms with Gasteiger partial charge in [0, 0.05) is 24.0 Å². The molecule has 0 bridgehead atoms. The summed E-state index contributed by atoms with van der Waals surface area (Å²) in [5, 5.41) is 10.0. The number of aryl methyl sites for hydroxylation is 1. The zero-order chi connectivity index (χ0) is 10.7. The highest BCUT2D eigenvalue weighted by Gasteiger charge is 2.03. The summed E-state index contributed by atoms with van der Waals surface area (Å²) in [6.45, 7) is 2.68. The normalized spacial score (nSPS) is 10.3. The van der Waals surface area contributed by atoms with Gasteiger partial charge in [0.15, 0.2) is 0 Å². The van der Waals surface area contributed by atoms with Crippen molar-refractivity contribution in [1.29, 1.82) is 0 Å². The third kappa shape index (κ3) is 2.33. The maximum absolute atomic E-state index is 4.11. The molecule has 0 spiro atoms. The summed E-state index contributed by atoms with van der Waals surface area (Å²) in [5.74, 6) is 0.783. The molecule has 0 amide bonds. The SMILES string of the molecule is Cc1[nH]ncc1CNc1ncncc1Br. The van der Waals surface area contributed by atoms with Crippen LogP contribution >= 0.6 is 15.9 Å². The number of H-pyrrole nitrogens is 1. The average molecular weight is 268 g/mol. The molecule has 6 heteroatoms. The van der Waals surface area contributed by atoms with Crippen LogP contribution in [0, 0.1) is 6.92 Å². The van der Waals surface area contributed by atoms with Crippen molar-refractivity contribution in [2.75, 3.05) is 5.32 Å².